The Labute approximate surface area is 329 Å². The van der Waals surface area contributed by atoms with Gasteiger partial charge in [-0.2, -0.15) is 0 Å². The third kappa shape index (κ3) is 25.2. The van der Waals surface area contributed by atoms with Crippen molar-refractivity contribution in [1.29, 1.82) is 0 Å². The molecule has 310 valence electrons. The predicted molar refractivity (Wildman–Crippen MR) is 231 cm³/mol. The molecule has 1 fully saturated rings. The minimum atomic E-state index is -0.764. The van der Waals surface area contributed by atoms with Crippen molar-refractivity contribution in [3.63, 3.8) is 0 Å². The summed E-state index contributed by atoms with van der Waals surface area (Å²) in [7, 11) is 0. The summed E-state index contributed by atoms with van der Waals surface area (Å²) in [6, 6.07) is 0. The molecule has 1 saturated carbocycles. The van der Waals surface area contributed by atoms with Gasteiger partial charge in [0.05, 0.1) is 17.6 Å². The van der Waals surface area contributed by atoms with E-state index in [4.69, 9.17) is 5.73 Å². The molecule has 0 aromatic carbocycles. The number of hydrogen-bond acceptors (Lipinski definition) is 4. The Morgan fingerprint density at radius 1 is 0.547 bits per heavy atom. The molecule has 0 aliphatic heterocycles. The molecular weight excluding hydrogens is 653 g/mol. The predicted octanol–water partition coefficient (Wildman–Crippen LogP) is 12.7. The molecule has 0 spiro atoms. The molecule has 0 heterocycles. The zero-order valence-electron chi connectivity index (χ0n) is 35.5. The van der Waals surface area contributed by atoms with Gasteiger partial charge in [-0.1, -0.05) is 200 Å². The van der Waals surface area contributed by atoms with E-state index in [1.807, 2.05) is 0 Å². The van der Waals surface area contributed by atoms with E-state index in [9.17, 15) is 9.59 Å². The van der Waals surface area contributed by atoms with Crippen LogP contribution in [0.2, 0.25) is 0 Å². The first-order valence-corrected chi connectivity index (χ1v) is 23.3. The number of rotatable bonds is 39. The van der Waals surface area contributed by atoms with Crippen molar-refractivity contribution < 1.29 is 9.59 Å². The number of nitrogens with one attached hydrogen (secondary N) is 3. The lowest BCUT2D eigenvalue weighted by molar-refractivity contribution is -0.125. The number of allylic oxidation sites excluding steroid dienone is 2. The number of nitrogens with two attached hydrogens (primary N) is 1. The molecule has 0 saturated heterocycles. The molecule has 53 heavy (non-hydrogen) atoms. The zero-order valence-corrected chi connectivity index (χ0v) is 35.5. The third-order valence-electron chi connectivity index (χ3n) is 11.8. The summed E-state index contributed by atoms with van der Waals surface area (Å²) < 4.78 is 0. The van der Waals surface area contributed by atoms with Gasteiger partial charge in [-0.05, 0) is 70.5 Å². The van der Waals surface area contributed by atoms with E-state index in [1.54, 1.807) is 0 Å². The SMILES string of the molecule is C=CC(=O)NC1(CC(N)=O)CCCCC1(NCCCCCCCC/C=C\CCCCCCCC)NCCCCCCCCCCCCCCCCCC. The Morgan fingerprint density at radius 2 is 0.906 bits per heavy atom. The van der Waals surface area contributed by atoms with Crippen LogP contribution >= 0.6 is 0 Å². The normalized spacial score (nSPS) is 18.8. The van der Waals surface area contributed by atoms with Gasteiger partial charge in [0.25, 0.3) is 0 Å². The first kappa shape index (κ1) is 49.4. The van der Waals surface area contributed by atoms with Crippen LogP contribution in [0.25, 0.3) is 0 Å². The maximum atomic E-state index is 12.8. The van der Waals surface area contributed by atoms with Crippen LogP contribution in [0.5, 0.6) is 0 Å². The van der Waals surface area contributed by atoms with Crippen LogP contribution in [-0.4, -0.2) is 36.1 Å². The van der Waals surface area contributed by atoms with Crippen LogP contribution in [0.4, 0.5) is 0 Å². The van der Waals surface area contributed by atoms with Gasteiger partial charge in [-0.15, -0.1) is 0 Å². The largest absolute Gasteiger partial charge is 0.370 e. The fraction of sp³-hybridized carbons (Fsp3) is 0.872. The van der Waals surface area contributed by atoms with Gasteiger partial charge in [-0.25, -0.2) is 0 Å². The number of carbonyl (C=O) groups is 2. The van der Waals surface area contributed by atoms with Gasteiger partial charge in [-0.3, -0.25) is 20.2 Å². The highest BCUT2D eigenvalue weighted by Gasteiger charge is 2.53. The van der Waals surface area contributed by atoms with Gasteiger partial charge < -0.3 is 11.1 Å². The van der Waals surface area contributed by atoms with Gasteiger partial charge >= 0.3 is 0 Å². The Bertz CT molecular complexity index is 907. The molecule has 5 N–H and O–H groups in total. The molecule has 6 nitrogen and oxygen atoms in total. The van der Waals surface area contributed by atoms with Crippen molar-refractivity contribution in [3.8, 4) is 0 Å². The van der Waals surface area contributed by atoms with E-state index in [0.717, 1.165) is 51.6 Å². The van der Waals surface area contributed by atoms with Gasteiger partial charge in [0.2, 0.25) is 11.8 Å². The second-order valence-electron chi connectivity index (χ2n) is 16.6. The Hall–Kier alpha value is -1.66. The van der Waals surface area contributed by atoms with Crippen LogP contribution in [0.3, 0.4) is 0 Å². The Balaban J connectivity index is 2.42. The zero-order chi connectivity index (χ0) is 38.6. The monoisotopic (exact) mass is 743 g/mol. The van der Waals surface area contributed by atoms with Crippen LogP contribution < -0.4 is 21.7 Å². The average Bonchev–Trinajstić information content (AvgIpc) is 3.14. The van der Waals surface area contributed by atoms with Gasteiger partial charge in [0.1, 0.15) is 0 Å². The minimum Gasteiger partial charge on any atom is -0.370 e. The standard InChI is InChI=1S/C47H90N4O2/c1-4-7-9-11-13-15-17-19-21-23-25-27-29-31-33-37-41-49-47(40-36-35-39-46(47,43-44(48)52)51-45(53)6-3)50-42-38-34-32-30-28-26-24-22-20-18-16-14-12-10-8-5-2/h6,19,21,49-50H,3-5,7-18,20,22-43H2,1-2H3,(H2,48,52)(H,51,53)/b21-19-. The Kier molecular flexibility index (Phi) is 32.4. The van der Waals surface area contributed by atoms with Crippen LogP contribution in [0.1, 0.15) is 239 Å². The van der Waals surface area contributed by atoms with Gasteiger partial charge in [0.15, 0.2) is 0 Å². The van der Waals surface area contributed by atoms with Crippen molar-refractivity contribution in [2.45, 2.75) is 250 Å². The fourth-order valence-electron chi connectivity index (χ4n) is 8.53. The molecular formula is C47H90N4O2. The second kappa shape index (κ2) is 34.8. The maximum Gasteiger partial charge on any atom is 0.243 e. The first-order chi connectivity index (χ1) is 25.9. The van der Waals surface area contributed by atoms with Crippen LogP contribution in [0, 0.1) is 0 Å². The summed E-state index contributed by atoms with van der Waals surface area (Å²) in [5.74, 6) is -0.607. The van der Waals surface area contributed by atoms with E-state index >= 15 is 0 Å². The lowest BCUT2D eigenvalue weighted by Crippen LogP contribution is -2.78. The van der Waals surface area contributed by atoms with Crippen LogP contribution in [-0.2, 0) is 9.59 Å². The highest BCUT2D eigenvalue weighted by molar-refractivity contribution is 5.88. The number of amides is 2. The molecule has 6 heteroatoms. The van der Waals surface area contributed by atoms with E-state index in [2.05, 4.69) is 48.5 Å². The lowest BCUT2D eigenvalue weighted by atomic mass is 9.69. The second-order valence-corrected chi connectivity index (χ2v) is 16.6. The summed E-state index contributed by atoms with van der Waals surface area (Å²) in [5.41, 5.74) is 4.54. The first-order valence-electron chi connectivity index (χ1n) is 23.3. The smallest absolute Gasteiger partial charge is 0.243 e. The summed E-state index contributed by atoms with van der Waals surface area (Å²) in [4.78, 5) is 25.3. The highest BCUT2D eigenvalue weighted by Crippen LogP contribution is 2.38. The van der Waals surface area contributed by atoms with Crippen molar-refractivity contribution in [2.75, 3.05) is 13.1 Å². The van der Waals surface area contributed by atoms with E-state index in [1.165, 1.54) is 186 Å². The summed E-state index contributed by atoms with van der Waals surface area (Å²) >= 11 is 0. The quantitative estimate of drug-likeness (QED) is 0.0218. The highest BCUT2D eigenvalue weighted by atomic mass is 16.2. The molecule has 2 unspecified atom stereocenters. The molecule has 0 aromatic rings. The summed E-state index contributed by atoms with van der Waals surface area (Å²) in [6.45, 7) is 10.0. The van der Waals surface area contributed by atoms with Crippen molar-refractivity contribution in [2.24, 2.45) is 5.73 Å². The molecule has 1 aliphatic rings. The number of unbranched alkanes of at least 4 members (excludes halogenated alkanes) is 27. The van der Waals surface area contributed by atoms with Crippen molar-refractivity contribution >= 4 is 11.8 Å². The molecule has 0 bridgehead atoms. The Morgan fingerprint density at radius 3 is 1.28 bits per heavy atom. The van der Waals surface area contributed by atoms with Crippen molar-refractivity contribution in [3.05, 3.63) is 24.8 Å². The molecule has 1 rings (SSSR count). The molecule has 0 radical (unpaired) electrons. The lowest BCUT2D eigenvalue weighted by Gasteiger charge is -2.54. The third-order valence-corrected chi connectivity index (χ3v) is 11.8. The maximum absolute atomic E-state index is 12.8. The minimum absolute atomic E-state index is 0.124. The van der Waals surface area contributed by atoms with E-state index < -0.39 is 11.2 Å². The van der Waals surface area contributed by atoms with Crippen molar-refractivity contribution in [1.82, 2.24) is 16.0 Å². The number of primary amides is 1. The molecule has 0 aromatic heterocycles. The molecule has 2 amide bonds. The van der Waals surface area contributed by atoms with E-state index in [-0.39, 0.29) is 18.2 Å². The molecule has 1 aliphatic carbocycles. The van der Waals surface area contributed by atoms with E-state index in [0.29, 0.717) is 0 Å². The van der Waals surface area contributed by atoms with Gasteiger partial charge in [0, 0.05) is 0 Å². The fourth-order valence-corrected chi connectivity index (χ4v) is 8.53. The average molecular weight is 743 g/mol. The summed E-state index contributed by atoms with van der Waals surface area (Å²) in [6.07, 6.45) is 49.6. The molecule has 2 atom stereocenters. The van der Waals surface area contributed by atoms with Crippen LogP contribution in [0.15, 0.2) is 24.8 Å². The summed E-state index contributed by atoms with van der Waals surface area (Å²) in [5, 5.41) is 11.0. The number of hydrogen-bond donors (Lipinski definition) is 4. The number of carbonyl (C=O) groups excluding carboxylic acids is 2. The topological polar surface area (TPSA) is 96.2 Å².